The minimum atomic E-state index is -0.301. The molecule has 0 fully saturated rings. The summed E-state index contributed by atoms with van der Waals surface area (Å²) in [6.45, 7) is 4.49. The standard InChI is InChI=1S/C13H18ClFO2/c1-13(2,16-3)6-7-17-12-5-4-11(15)8-10(12)9-14/h4-5,8H,6-7,9H2,1-3H3. The fourth-order valence-electron chi connectivity index (χ4n) is 1.30. The van der Waals surface area contributed by atoms with Crippen molar-refractivity contribution in [3.63, 3.8) is 0 Å². The van der Waals surface area contributed by atoms with Crippen LogP contribution in [0.25, 0.3) is 0 Å². The maximum absolute atomic E-state index is 13.0. The van der Waals surface area contributed by atoms with Gasteiger partial charge in [0.2, 0.25) is 0 Å². The van der Waals surface area contributed by atoms with Crippen LogP contribution in [0.2, 0.25) is 0 Å². The Hall–Kier alpha value is -0.800. The zero-order valence-electron chi connectivity index (χ0n) is 10.4. The minimum Gasteiger partial charge on any atom is -0.493 e. The van der Waals surface area contributed by atoms with Crippen molar-refractivity contribution >= 4 is 11.6 Å². The minimum absolute atomic E-state index is 0.221. The molecule has 0 bridgehead atoms. The van der Waals surface area contributed by atoms with Crippen LogP contribution in [0.5, 0.6) is 5.75 Å². The zero-order chi connectivity index (χ0) is 12.9. The van der Waals surface area contributed by atoms with Gasteiger partial charge in [0.1, 0.15) is 11.6 Å². The summed E-state index contributed by atoms with van der Waals surface area (Å²) < 4.78 is 23.8. The summed E-state index contributed by atoms with van der Waals surface area (Å²) in [7, 11) is 1.67. The van der Waals surface area contributed by atoms with Crippen LogP contribution < -0.4 is 4.74 Å². The molecule has 0 N–H and O–H groups in total. The highest BCUT2D eigenvalue weighted by Crippen LogP contribution is 2.22. The van der Waals surface area contributed by atoms with Gasteiger partial charge in [-0.3, -0.25) is 0 Å². The smallest absolute Gasteiger partial charge is 0.123 e. The Kier molecular flexibility index (Phi) is 5.22. The van der Waals surface area contributed by atoms with Gasteiger partial charge in [-0.2, -0.15) is 0 Å². The molecule has 0 aliphatic carbocycles. The highest BCUT2D eigenvalue weighted by atomic mass is 35.5. The Morgan fingerprint density at radius 1 is 1.35 bits per heavy atom. The Bertz CT molecular complexity index is 366. The van der Waals surface area contributed by atoms with E-state index in [9.17, 15) is 4.39 Å². The number of benzene rings is 1. The van der Waals surface area contributed by atoms with Crippen LogP contribution in [-0.2, 0) is 10.6 Å². The van der Waals surface area contributed by atoms with Gasteiger partial charge in [0.15, 0.2) is 0 Å². The second-order valence-electron chi connectivity index (χ2n) is 4.45. The predicted octanol–water partition coefficient (Wildman–Crippen LogP) is 3.76. The highest BCUT2D eigenvalue weighted by molar-refractivity contribution is 6.17. The molecule has 0 spiro atoms. The molecule has 0 aliphatic rings. The summed E-state index contributed by atoms with van der Waals surface area (Å²) in [4.78, 5) is 0. The lowest BCUT2D eigenvalue weighted by Crippen LogP contribution is -2.25. The van der Waals surface area contributed by atoms with Crippen molar-refractivity contribution in [2.24, 2.45) is 0 Å². The molecule has 0 unspecified atom stereocenters. The van der Waals surface area contributed by atoms with E-state index >= 15 is 0 Å². The van der Waals surface area contributed by atoms with Gasteiger partial charge in [0, 0.05) is 19.1 Å². The molecule has 0 amide bonds. The van der Waals surface area contributed by atoms with Crippen LogP contribution in [0, 0.1) is 5.82 Å². The quantitative estimate of drug-likeness (QED) is 0.725. The normalized spacial score (nSPS) is 11.6. The number of hydrogen-bond acceptors (Lipinski definition) is 2. The van der Waals surface area contributed by atoms with Gasteiger partial charge in [0.25, 0.3) is 0 Å². The molecule has 2 nitrogen and oxygen atoms in total. The monoisotopic (exact) mass is 260 g/mol. The molecule has 0 saturated heterocycles. The van der Waals surface area contributed by atoms with Crippen molar-refractivity contribution in [3.05, 3.63) is 29.6 Å². The summed E-state index contributed by atoms with van der Waals surface area (Å²) in [5.74, 6) is 0.569. The first kappa shape index (κ1) is 14.3. The molecule has 17 heavy (non-hydrogen) atoms. The van der Waals surface area contributed by atoms with Crippen LogP contribution in [0.1, 0.15) is 25.8 Å². The first-order valence-corrected chi connectivity index (χ1v) is 6.04. The van der Waals surface area contributed by atoms with Crippen molar-refractivity contribution in [2.45, 2.75) is 31.7 Å². The number of ether oxygens (including phenoxy) is 2. The summed E-state index contributed by atoms with van der Waals surface area (Å²) in [5.41, 5.74) is 0.447. The van der Waals surface area contributed by atoms with Gasteiger partial charge in [-0.25, -0.2) is 4.39 Å². The SMILES string of the molecule is COC(C)(C)CCOc1ccc(F)cc1CCl. The number of rotatable bonds is 6. The first-order chi connectivity index (χ1) is 7.98. The number of alkyl halides is 1. The summed E-state index contributed by atoms with van der Waals surface area (Å²) >= 11 is 5.73. The van der Waals surface area contributed by atoms with E-state index in [0.717, 1.165) is 6.42 Å². The van der Waals surface area contributed by atoms with E-state index < -0.39 is 0 Å². The Morgan fingerprint density at radius 2 is 2.06 bits per heavy atom. The van der Waals surface area contributed by atoms with Crippen molar-refractivity contribution in [1.29, 1.82) is 0 Å². The molecule has 1 aromatic carbocycles. The van der Waals surface area contributed by atoms with Crippen molar-refractivity contribution in [2.75, 3.05) is 13.7 Å². The average Bonchev–Trinajstić information content (AvgIpc) is 2.30. The molecular formula is C13H18ClFO2. The van der Waals surface area contributed by atoms with Crippen molar-refractivity contribution in [3.8, 4) is 5.75 Å². The van der Waals surface area contributed by atoms with Crippen LogP contribution in [0.4, 0.5) is 4.39 Å². The average molecular weight is 261 g/mol. The third-order valence-electron chi connectivity index (χ3n) is 2.68. The van der Waals surface area contributed by atoms with Gasteiger partial charge >= 0.3 is 0 Å². The summed E-state index contributed by atoms with van der Waals surface area (Å²) in [6, 6.07) is 4.36. The van der Waals surface area contributed by atoms with Gasteiger partial charge < -0.3 is 9.47 Å². The van der Waals surface area contributed by atoms with E-state index in [-0.39, 0.29) is 17.3 Å². The molecule has 0 atom stereocenters. The maximum atomic E-state index is 13.0. The number of halogens is 2. The molecule has 0 saturated carbocycles. The van der Waals surface area contributed by atoms with Gasteiger partial charge in [-0.1, -0.05) is 0 Å². The first-order valence-electron chi connectivity index (χ1n) is 5.51. The number of hydrogen-bond donors (Lipinski definition) is 0. The molecule has 0 radical (unpaired) electrons. The predicted molar refractivity (Wildman–Crippen MR) is 67.2 cm³/mol. The summed E-state index contributed by atoms with van der Waals surface area (Å²) in [6.07, 6.45) is 0.753. The summed E-state index contributed by atoms with van der Waals surface area (Å²) in [5, 5.41) is 0. The Morgan fingerprint density at radius 3 is 2.65 bits per heavy atom. The maximum Gasteiger partial charge on any atom is 0.123 e. The zero-order valence-corrected chi connectivity index (χ0v) is 11.2. The van der Waals surface area contributed by atoms with Crippen molar-refractivity contribution < 1.29 is 13.9 Å². The third kappa shape index (κ3) is 4.52. The van der Waals surface area contributed by atoms with E-state index in [0.29, 0.717) is 17.9 Å². The van der Waals surface area contributed by atoms with Crippen molar-refractivity contribution in [1.82, 2.24) is 0 Å². The van der Waals surface area contributed by atoms with E-state index in [2.05, 4.69) is 0 Å². The third-order valence-corrected chi connectivity index (χ3v) is 2.97. The van der Waals surface area contributed by atoms with Gasteiger partial charge in [0.05, 0.1) is 18.1 Å². The highest BCUT2D eigenvalue weighted by Gasteiger charge is 2.16. The number of methoxy groups -OCH3 is 1. The molecule has 0 aromatic heterocycles. The van der Waals surface area contributed by atoms with E-state index in [4.69, 9.17) is 21.1 Å². The Balaban J connectivity index is 2.57. The molecule has 0 heterocycles. The van der Waals surface area contributed by atoms with Gasteiger partial charge in [-0.05, 0) is 32.0 Å². The fourth-order valence-corrected chi connectivity index (χ4v) is 1.51. The lowest BCUT2D eigenvalue weighted by atomic mass is 10.1. The Labute approximate surface area is 107 Å². The van der Waals surface area contributed by atoms with Crippen LogP contribution in [0.3, 0.4) is 0 Å². The van der Waals surface area contributed by atoms with Crippen LogP contribution >= 0.6 is 11.6 Å². The molecule has 0 aliphatic heterocycles. The van der Waals surface area contributed by atoms with E-state index in [1.807, 2.05) is 13.8 Å². The molecular weight excluding hydrogens is 243 g/mol. The largest absolute Gasteiger partial charge is 0.493 e. The van der Waals surface area contributed by atoms with E-state index in [1.165, 1.54) is 12.1 Å². The molecule has 1 aromatic rings. The van der Waals surface area contributed by atoms with Gasteiger partial charge in [-0.15, -0.1) is 11.6 Å². The van der Waals surface area contributed by atoms with Crippen LogP contribution in [-0.4, -0.2) is 19.3 Å². The molecule has 96 valence electrons. The topological polar surface area (TPSA) is 18.5 Å². The second kappa shape index (κ2) is 6.22. The van der Waals surface area contributed by atoms with E-state index in [1.54, 1.807) is 13.2 Å². The lowest BCUT2D eigenvalue weighted by molar-refractivity contribution is 0.00538. The van der Waals surface area contributed by atoms with Crippen LogP contribution in [0.15, 0.2) is 18.2 Å². The molecule has 1 rings (SSSR count). The second-order valence-corrected chi connectivity index (χ2v) is 4.72. The lowest BCUT2D eigenvalue weighted by Gasteiger charge is -2.23. The fraction of sp³-hybridized carbons (Fsp3) is 0.538. The molecule has 4 heteroatoms.